The van der Waals surface area contributed by atoms with Crippen molar-refractivity contribution in [3.8, 4) is 11.3 Å². The van der Waals surface area contributed by atoms with Crippen LogP contribution in [-0.2, 0) is 24.2 Å². The summed E-state index contributed by atoms with van der Waals surface area (Å²) in [7, 11) is 0. The number of hydrogen-bond acceptors (Lipinski definition) is 4. The maximum atomic E-state index is 13.0. The van der Waals surface area contributed by atoms with Crippen LogP contribution in [0.2, 0.25) is 0 Å². The summed E-state index contributed by atoms with van der Waals surface area (Å²) in [6.07, 6.45) is 4.75. The summed E-state index contributed by atoms with van der Waals surface area (Å²) in [6, 6.07) is 21.8. The monoisotopic (exact) mass is 435 g/mol. The molecule has 33 heavy (non-hydrogen) atoms. The molecule has 1 aliphatic carbocycles. The van der Waals surface area contributed by atoms with Gasteiger partial charge >= 0.3 is 0 Å². The second-order valence-corrected chi connectivity index (χ2v) is 8.37. The molecule has 3 aromatic carbocycles. The normalized spacial score (nSPS) is 12.8. The first-order valence-electron chi connectivity index (χ1n) is 11.0. The van der Waals surface area contributed by atoms with Crippen molar-refractivity contribution in [1.29, 1.82) is 0 Å². The fraction of sp³-hybridized carbons (Fsp3) is 0.154. The van der Waals surface area contributed by atoms with Gasteiger partial charge in [0.2, 0.25) is 5.91 Å². The van der Waals surface area contributed by atoms with Crippen LogP contribution in [0.4, 0.5) is 5.69 Å². The van der Waals surface area contributed by atoms with Crippen molar-refractivity contribution in [2.45, 2.75) is 25.8 Å². The van der Waals surface area contributed by atoms with Crippen LogP contribution < -0.4 is 10.9 Å². The fourth-order valence-corrected chi connectivity index (χ4v) is 4.62. The Morgan fingerprint density at radius 2 is 1.82 bits per heavy atom. The molecule has 0 radical (unpaired) electrons. The number of rotatable bonds is 4. The number of carbonyl (C=O) groups excluding carboxylic acids is 1. The van der Waals surface area contributed by atoms with Crippen LogP contribution in [0.1, 0.15) is 17.5 Å². The highest BCUT2D eigenvalue weighted by Gasteiger charge is 2.15. The summed E-state index contributed by atoms with van der Waals surface area (Å²) in [5.74, 6) is -0.291. The van der Waals surface area contributed by atoms with E-state index in [0.29, 0.717) is 11.2 Å². The predicted octanol–water partition coefficient (Wildman–Crippen LogP) is 3.84. The van der Waals surface area contributed by atoms with Gasteiger partial charge in [-0.05, 0) is 59.4 Å². The Morgan fingerprint density at radius 3 is 2.76 bits per heavy atom. The highest BCUT2D eigenvalue weighted by molar-refractivity contribution is 5.96. The van der Waals surface area contributed by atoms with Crippen LogP contribution in [0.15, 0.2) is 77.9 Å². The summed E-state index contributed by atoms with van der Waals surface area (Å²) in [4.78, 5) is 25.6. The third kappa shape index (κ3) is 3.47. The lowest BCUT2D eigenvalue weighted by Crippen LogP contribution is -2.30. The van der Waals surface area contributed by atoms with E-state index in [4.69, 9.17) is 0 Å². The van der Waals surface area contributed by atoms with E-state index in [1.165, 1.54) is 26.7 Å². The molecule has 6 rings (SSSR count). The number of fused-ring (bicyclic) bond motifs is 3. The van der Waals surface area contributed by atoms with Gasteiger partial charge < -0.3 is 5.32 Å². The molecule has 5 aromatic rings. The zero-order chi connectivity index (χ0) is 22.4. The zero-order valence-corrected chi connectivity index (χ0v) is 17.9. The van der Waals surface area contributed by atoms with Crippen LogP contribution >= 0.6 is 0 Å². The van der Waals surface area contributed by atoms with Crippen molar-refractivity contribution >= 4 is 27.9 Å². The fourth-order valence-electron chi connectivity index (χ4n) is 4.62. The van der Waals surface area contributed by atoms with Crippen LogP contribution in [0.3, 0.4) is 0 Å². The van der Waals surface area contributed by atoms with Gasteiger partial charge in [-0.2, -0.15) is 10.2 Å². The third-order valence-corrected chi connectivity index (χ3v) is 6.23. The Labute approximate surface area is 189 Å². The van der Waals surface area contributed by atoms with Gasteiger partial charge in [0.05, 0.1) is 5.69 Å². The number of aromatic nitrogens is 4. The zero-order valence-electron chi connectivity index (χ0n) is 17.9. The van der Waals surface area contributed by atoms with Gasteiger partial charge in [-0.25, -0.2) is 9.20 Å². The molecule has 0 bridgehead atoms. The van der Waals surface area contributed by atoms with Crippen molar-refractivity contribution in [2.75, 3.05) is 5.32 Å². The van der Waals surface area contributed by atoms with Gasteiger partial charge in [0.25, 0.3) is 5.56 Å². The Kier molecular flexibility index (Phi) is 4.54. The molecule has 2 aromatic heterocycles. The van der Waals surface area contributed by atoms with Crippen LogP contribution in [0.25, 0.3) is 27.5 Å². The molecule has 0 spiro atoms. The predicted molar refractivity (Wildman–Crippen MR) is 127 cm³/mol. The molecule has 1 aliphatic rings. The molecule has 0 saturated carbocycles. The van der Waals surface area contributed by atoms with Gasteiger partial charge in [0.1, 0.15) is 18.4 Å². The van der Waals surface area contributed by atoms with Crippen LogP contribution in [0, 0.1) is 0 Å². The number of anilines is 1. The summed E-state index contributed by atoms with van der Waals surface area (Å²) >= 11 is 0. The first-order valence-corrected chi connectivity index (χ1v) is 11.0. The maximum Gasteiger partial charge on any atom is 0.293 e. The van der Waals surface area contributed by atoms with E-state index in [1.807, 2.05) is 54.6 Å². The van der Waals surface area contributed by atoms with Crippen LogP contribution in [-0.4, -0.2) is 25.3 Å². The molecule has 0 saturated heterocycles. The molecule has 7 nitrogen and oxygen atoms in total. The number of nitrogens with zero attached hydrogens (tertiary/aromatic N) is 4. The van der Waals surface area contributed by atoms with Gasteiger partial charge in [0.15, 0.2) is 0 Å². The largest absolute Gasteiger partial charge is 0.324 e. The molecule has 2 heterocycles. The summed E-state index contributed by atoms with van der Waals surface area (Å²) < 4.78 is 2.64. The first-order chi connectivity index (χ1) is 16.2. The smallest absolute Gasteiger partial charge is 0.293 e. The van der Waals surface area contributed by atoms with E-state index in [-0.39, 0.29) is 18.0 Å². The quantitative estimate of drug-likeness (QED) is 0.465. The lowest BCUT2D eigenvalue weighted by molar-refractivity contribution is -0.117. The van der Waals surface area contributed by atoms with Crippen molar-refractivity contribution < 1.29 is 4.79 Å². The Hall–Kier alpha value is -4.26. The molecule has 1 N–H and O–H groups in total. The van der Waals surface area contributed by atoms with Crippen LogP contribution in [0.5, 0.6) is 0 Å². The highest BCUT2D eigenvalue weighted by Crippen LogP contribution is 2.28. The summed E-state index contributed by atoms with van der Waals surface area (Å²) in [5, 5.41) is 13.8. The number of nitrogens with one attached hydrogen (secondary N) is 1. The number of hydrogen-bond donors (Lipinski definition) is 1. The second-order valence-electron chi connectivity index (χ2n) is 8.37. The molecule has 0 unspecified atom stereocenters. The molecule has 162 valence electrons. The minimum absolute atomic E-state index is 0.165. The minimum Gasteiger partial charge on any atom is -0.324 e. The topological polar surface area (TPSA) is 81.3 Å². The SMILES string of the molecule is O=C(Cn1ncn2nc(-c3cccc4ccccc34)cc2c1=O)Nc1ccc2c(c1)CCC2. The Balaban J connectivity index is 1.29. The molecule has 7 heteroatoms. The molecular formula is C26H21N5O2. The van der Waals surface area contributed by atoms with Crippen molar-refractivity contribution in [2.24, 2.45) is 0 Å². The molecular weight excluding hydrogens is 414 g/mol. The summed E-state index contributed by atoms with van der Waals surface area (Å²) in [6.45, 7) is -0.165. The maximum absolute atomic E-state index is 13.0. The van der Waals surface area contributed by atoms with Gasteiger partial charge in [0, 0.05) is 11.3 Å². The van der Waals surface area contributed by atoms with Gasteiger partial charge in [-0.1, -0.05) is 48.5 Å². The van der Waals surface area contributed by atoms with Crippen molar-refractivity contribution in [3.05, 3.63) is 94.5 Å². The van der Waals surface area contributed by atoms with Crippen molar-refractivity contribution in [1.82, 2.24) is 19.4 Å². The molecule has 1 amide bonds. The lowest BCUT2D eigenvalue weighted by atomic mass is 10.0. The number of carbonyl (C=O) groups is 1. The average molecular weight is 435 g/mol. The molecule has 0 atom stereocenters. The number of amides is 1. The second kappa shape index (κ2) is 7.70. The van der Waals surface area contributed by atoms with E-state index in [1.54, 1.807) is 6.07 Å². The standard InChI is InChI=1S/C26H21N5O2/c32-25(28-20-12-11-17-6-3-8-19(17)13-20)15-30-26(33)24-14-23(29-31(24)16-27-30)22-10-4-7-18-5-1-2-9-21(18)22/h1-2,4-5,7,9-14,16H,3,6,8,15H2,(H,28,32). The first kappa shape index (κ1) is 19.4. The Morgan fingerprint density at radius 1 is 0.970 bits per heavy atom. The highest BCUT2D eigenvalue weighted by atomic mass is 16.2. The van der Waals surface area contributed by atoms with E-state index >= 15 is 0 Å². The van der Waals surface area contributed by atoms with Gasteiger partial charge in [-0.3, -0.25) is 9.59 Å². The van der Waals surface area contributed by atoms with E-state index < -0.39 is 0 Å². The van der Waals surface area contributed by atoms with Crippen molar-refractivity contribution in [3.63, 3.8) is 0 Å². The minimum atomic E-state index is -0.361. The van der Waals surface area contributed by atoms with E-state index in [0.717, 1.165) is 41.3 Å². The lowest BCUT2D eigenvalue weighted by Gasteiger charge is -2.08. The summed E-state index contributed by atoms with van der Waals surface area (Å²) in [5.41, 5.74) is 5.02. The molecule has 0 aliphatic heterocycles. The third-order valence-electron chi connectivity index (χ3n) is 6.23. The molecule has 0 fully saturated rings. The number of aryl methyl sites for hydroxylation is 2. The number of benzene rings is 3. The van der Waals surface area contributed by atoms with E-state index in [2.05, 4.69) is 21.6 Å². The van der Waals surface area contributed by atoms with Gasteiger partial charge in [-0.15, -0.1) is 0 Å². The van der Waals surface area contributed by atoms with E-state index in [9.17, 15) is 9.59 Å². The Bertz CT molecular complexity index is 1590. The average Bonchev–Trinajstić information content (AvgIpc) is 3.47.